The third kappa shape index (κ3) is 3.76. The molecule has 0 aliphatic carbocycles. The molecule has 2 nitrogen and oxygen atoms in total. The van der Waals surface area contributed by atoms with E-state index >= 15 is 0 Å². The van der Waals surface area contributed by atoms with Crippen molar-refractivity contribution in [2.75, 3.05) is 6.54 Å². The summed E-state index contributed by atoms with van der Waals surface area (Å²) in [6, 6.07) is 4.27. The molecule has 1 atom stereocenters. The lowest BCUT2D eigenvalue weighted by Gasteiger charge is -2.17. The van der Waals surface area contributed by atoms with Crippen molar-refractivity contribution in [1.29, 1.82) is 0 Å². The Morgan fingerprint density at radius 2 is 2.47 bits per heavy atom. The fraction of sp³-hybridized carbons (Fsp3) is 0.417. The molecule has 0 fully saturated rings. The third-order valence-corrected chi connectivity index (χ3v) is 2.90. The number of pyridine rings is 1. The van der Waals surface area contributed by atoms with E-state index in [4.69, 9.17) is 0 Å². The van der Waals surface area contributed by atoms with Crippen molar-refractivity contribution in [2.45, 2.75) is 25.8 Å². The van der Waals surface area contributed by atoms with Crippen LogP contribution in [-0.4, -0.2) is 11.5 Å². The molecule has 1 heterocycles. The van der Waals surface area contributed by atoms with E-state index in [0.717, 1.165) is 29.6 Å². The maximum absolute atomic E-state index is 4.41. The van der Waals surface area contributed by atoms with Gasteiger partial charge in [0.2, 0.25) is 0 Å². The lowest BCUT2D eigenvalue weighted by molar-refractivity contribution is 0.506. The molecule has 1 aromatic rings. The molecule has 82 valence electrons. The number of aromatic nitrogens is 1. The molecule has 0 radical (unpaired) electrons. The predicted octanol–water partition coefficient (Wildman–Crippen LogP) is 3.46. The van der Waals surface area contributed by atoms with Crippen LogP contribution in [0, 0.1) is 0 Å². The molecule has 1 N–H and O–H groups in total. The summed E-state index contributed by atoms with van der Waals surface area (Å²) in [6.07, 6.45) is 5.81. The Kier molecular flexibility index (Phi) is 5.58. The minimum Gasteiger partial charge on any atom is -0.309 e. The zero-order valence-electron chi connectivity index (χ0n) is 9.04. The van der Waals surface area contributed by atoms with Crippen LogP contribution in [-0.2, 0) is 0 Å². The normalized spacial score (nSPS) is 12.4. The van der Waals surface area contributed by atoms with Gasteiger partial charge in [0.25, 0.3) is 0 Å². The Bertz CT molecular complexity index is 312. The molecule has 0 saturated carbocycles. The lowest BCUT2D eigenvalue weighted by atomic mass is 10.1. The second-order valence-corrected chi connectivity index (χ2v) is 4.20. The molecular formula is C12H17BrN2. The molecular weight excluding hydrogens is 252 g/mol. The first kappa shape index (κ1) is 12.4. The second-order valence-electron chi connectivity index (χ2n) is 3.35. The highest BCUT2D eigenvalue weighted by Gasteiger charge is 2.13. The maximum Gasteiger partial charge on any atom is 0.0714 e. The van der Waals surface area contributed by atoms with Crippen LogP contribution < -0.4 is 5.32 Å². The van der Waals surface area contributed by atoms with E-state index in [2.05, 4.69) is 39.7 Å². The average Bonchev–Trinajstić information content (AvgIpc) is 2.25. The summed E-state index contributed by atoms with van der Waals surface area (Å²) in [5, 5.41) is 3.43. The number of rotatable bonds is 6. The minimum atomic E-state index is 0.309. The van der Waals surface area contributed by atoms with E-state index in [1.165, 1.54) is 0 Å². The van der Waals surface area contributed by atoms with Gasteiger partial charge in [-0.2, -0.15) is 0 Å². The van der Waals surface area contributed by atoms with Crippen LogP contribution in [0.2, 0.25) is 0 Å². The summed E-state index contributed by atoms with van der Waals surface area (Å²) in [5.41, 5.74) is 1.08. The van der Waals surface area contributed by atoms with E-state index in [-0.39, 0.29) is 0 Å². The molecule has 0 aromatic carbocycles. The van der Waals surface area contributed by atoms with Gasteiger partial charge >= 0.3 is 0 Å². The van der Waals surface area contributed by atoms with Gasteiger partial charge in [-0.25, -0.2) is 0 Å². The molecule has 3 heteroatoms. The number of nitrogens with zero attached hydrogens (tertiary/aromatic N) is 1. The van der Waals surface area contributed by atoms with Crippen molar-refractivity contribution >= 4 is 15.9 Å². The van der Waals surface area contributed by atoms with Crippen LogP contribution in [0.4, 0.5) is 0 Å². The zero-order chi connectivity index (χ0) is 11.1. The van der Waals surface area contributed by atoms with Crippen molar-refractivity contribution in [2.24, 2.45) is 0 Å². The first-order chi connectivity index (χ1) is 7.29. The Labute approximate surface area is 99.9 Å². The zero-order valence-corrected chi connectivity index (χ0v) is 10.6. The Hall–Kier alpha value is -0.670. The van der Waals surface area contributed by atoms with E-state index in [1.807, 2.05) is 24.4 Å². The highest BCUT2D eigenvalue weighted by molar-refractivity contribution is 9.10. The van der Waals surface area contributed by atoms with Crippen molar-refractivity contribution in [3.63, 3.8) is 0 Å². The summed E-state index contributed by atoms with van der Waals surface area (Å²) < 4.78 is 1.07. The molecule has 0 bridgehead atoms. The fourth-order valence-corrected chi connectivity index (χ4v) is 2.05. The van der Waals surface area contributed by atoms with Gasteiger partial charge in [-0.1, -0.05) is 13.0 Å². The van der Waals surface area contributed by atoms with E-state index in [1.54, 1.807) is 0 Å². The van der Waals surface area contributed by atoms with Crippen molar-refractivity contribution in [3.05, 3.63) is 41.2 Å². The summed E-state index contributed by atoms with van der Waals surface area (Å²) in [7, 11) is 0. The summed E-state index contributed by atoms with van der Waals surface area (Å²) in [5.74, 6) is 0. The lowest BCUT2D eigenvalue weighted by Crippen LogP contribution is -2.22. The van der Waals surface area contributed by atoms with Crippen LogP contribution in [0.5, 0.6) is 0 Å². The summed E-state index contributed by atoms with van der Waals surface area (Å²) in [6.45, 7) is 6.81. The molecule has 0 aliphatic rings. The van der Waals surface area contributed by atoms with Gasteiger partial charge in [0.1, 0.15) is 0 Å². The SMILES string of the molecule is C=CCCC(NCC)c1ncccc1Br. The van der Waals surface area contributed by atoms with E-state index in [0.29, 0.717) is 6.04 Å². The Morgan fingerprint density at radius 1 is 1.67 bits per heavy atom. The number of hydrogen-bond acceptors (Lipinski definition) is 2. The third-order valence-electron chi connectivity index (χ3n) is 2.23. The van der Waals surface area contributed by atoms with Gasteiger partial charge in [-0.15, -0.1) is 6.58 Å². The molecule has 1 unspecified atom stereocenters. The predicted molar refractivity (Wildman–Crippen MR) is 67.8 cm³/mol. The summed E-state index contributed by atoms with van der Waals surface area (Å²) >= 11 is 3.53. The number of nitrogens with one attached hydrogen (secondary N) is 1. The standard InChI is InChI=1S/C12H17BrN2/c1-3-5-8-11(14-4-2)12-10(13)7-6-9-15-12/h3,6-7,9,11,14H,1,4-5,8H2,2H3. The molecule has 0 spiro atoms. The molecule has 0 amide bonds. The van der Waals surface area contributed by atoms with Crippen molar-refractivity contribution in [1.82, 2.24) is 10.3 Å². The molecule has 1 rings (SSSR count). The van der Waals surface area contributed by atoms with Gasteiger partial charge in [0.05, 0.1) is 11.7 Å². The van der Waals surface area contributed by atoms with Gasteiger partial charge < -0.3 is 5.32 Å². The van der Waals surface area contributed by atoms with Crippen LogP contribution in [0.25, 0.3) is 0 Å². The van der Waals surface area contributed by atoms with Crippen LogP contribution in [0.1, 0.15) is 31.5 Å². The van der Waals surface area contributed by atoms with E-state index in [9.17, 15) is 0 Å². The molecule has 1 aromatic heterocycles. The largest absolute Gasteiger partial charge is 0.309 e. The smallest absolute Gasteiger partial charge is 0.0714 e. The quantitative estimate of drug-likeness (QED) is 0.800. The molecule has 0 saturated heterocycles. The highest BCUT2D eigenvalue weighted by Crippen LogP contribution is 2.24. The van der Waals surface area contributed by atoms with Crippen molar-refractivity contribution < 1.29 is 0 Å². The van der Waals surface area contributed by atoms with Crippen molar-refractivity contribution in [3.8, 4) is 0 Å². The minimum absolute atomic E-state index is 0.309. The Balaban J connectivity index is 2.78. The van der Waals surface area contributed by atoms with Crippen LogP contribution in [0.3, 0.4) is 0 Å². The number of hydrogen-bond donors (Lipinski definition) is 1. The van der Waals surface area contributed by atoms with Gasteiger partial charge in [0, 0.05) is 10.7 Å². The number of allylic oxidation sites excluding steroid dienone is 1. The maximum atomic E-state index is 4.41. The molecule has 15 heavy (non-hydrogen) atoms. The second kappa shape index (κ2) is 6.75. The van der Waals surface area contributed by atoms with Gasteiger partial charge in [0.15, 0.2) is 0 Å². The van der Waals surface area contributed by atoms with Crippen LogP contribution >= 0.6 is 15.9 Å². The monoisotopic (exact) mass is 268 g/mol. The average molecular weight is 269 g/mol. The Morgan fingerprint density at radius 3 is 3.07 bits per heavy atom. The highest BCUT2D eigenvalue weighted by atomic mass is 79.9. The number of halogens is 1. The first-order valence-electron chi connectivity index (χ1n) is 5.24. The van der Waals surface area contributed by atoms with E-state index < -0.39 is 0 Å². The molecule has 0 aliphatic heterocycles. The van der Waals surface area contributed by atoms with Crippen LogP contribution in [0.15, 0.2) is 35.5 Å². The topological polar surface area (TPSA) is 24.9 Å². The summed E-state index contributed by atoms with van der Waals surface area (Å²) in [4.78, 5) is 4.41. The fourth-order valence-electron chi connectivity index (χ4n) is 1.52. The van der Waals surface area contributed by atoms with Gasteiger partial charge in [-0.3, -0.25) is 4.98 Å². The first-order valence-corrected chi connectivity index (χ1v) is 6.03. The van der Waals surface area contributed by atoms with Gasteiger partial charge in [-0.05, 0) is 47.4 Å².